The molecule has 0 bridgehead atoms. The van der Waals surface area contributed by atoms with Gasteiger partial charge in [-0.2, -0.15) is 5.10 Å². The summed E-state index contributed by atoms with van der Waals surface area (Å²) >= 11 is 3.35. The molecule has 1 unspecified atom stereocenters. The Morgan fingerprint density at radius 1 is 1.45 bits per heavy atom. The Balaban J connectivity index is 2.03. The minimum absolute atomic E-state index is 0.175. The van der Waals surface area contributed by atoms with Crippen LogP contribution in [0, 0.1) is 0 Å². The van der Waals surface area contributed by atoms with Gasteiger partial charge in [0.15, 0.2) is 10.6 Å². The van der Waals surface area contributed by atoms with E-state index in [4.69, 9.17) is 4.74 Å². The molecule has 1 aromatic rings. The molecular weight excluding hydrogens is 324 g/mol. The highest BCUT2D eigenvalue weighted by atomic mass is 79.9. The third-order valence-corrected chi connectivity index (χ3v) is 3.86. The van der Waals surface area contributed by atoms with E-state index in [1.165, 1.54) is 0 Å². The Kier molecular flexibility index (Phi) is 4.36. The quantitative estimate of drug-likeness (QED) is 0.785. The molecule has 1 fully saturated rings. The molecule has 1 saturated heterocycles. The fourth-order valence-corrected chi connectivity index (χ4v) is 2.50. The standard InChI is InChI=1S/C13H21BrN4O2/c1-13(2,3)20-12(19)18-7-5-6-9(8-18)10-15-11(14)17(4)16-10/h9H,5-8H2,1-4H3. The number of aryl methyl sites for hydroxylation is 1. The normalized spacial score (nSPS) is 20.1. The van der Waals surface area contributed by atoms with Crippen LogP contribution >= 0.6 is 15.9 Å². The topological polar surface area (TPSA) is 60.2 Å². The molecule has 112 valence electrons. The molecule has 2 heterocycles. The Morgan fingerprint density at radius 3 is 2.70 bits per heavy atom. The zero-order valence-corrected chi connectivity index (χ0v) is 14.0. The van der Waals surface area contributed by atoms with Crippen molar-refractivity contribution in [2.75, 3.05) is 13.1 Å². The lowest BCUT2D eigenvalue weighted by Crippen LogP contribution is -2.42. The van der Waals surface area contributed by atoms with Gasteiger partial charge in [0, 0.05) is 26.1 Å². The number of carbonyl (C=O) groups excluding carboxylic acids is 1. The van der Waals surface area contributed by atoms with E-state index in [-0.39, 0.29) is 12.0 Å². The van der Waals surface area contributed by atoms with Gasteiger partial charge in [-0.3, -0.25) is 0 Å². The van der Waals surface area contributed by atoms with Gasteiger partial charge in [0.1, 0.15) is 5.60 Å². The maximum absolute atomic E-state index is 12.1. The second-order valence-corrected chi connectivity index (χ2v) is 6.84. The number of hydrogen-bond acceptors (Lipinski definition) is 4. The first kappa shape index (κ1) is 15.3. The van der Waals surface area contributed by atoms with E-state index in [1.807, 2.05) is 27.8 Å². The number of aromatic nitrogens is 3. The van der Waals surface area contributed by atoms with E-state index in [2.05, 4.69) is 26.0 Å². The molecule has 1 atom stereocenters. The molecule has 0 N–H and O–H groups in total. The van der Waals surface area contributed by atoms with E-state index in [9.17, 15) is 4.79 Å². The largest absolute Gasteiger partial charge is 0.444 e. The fraction of sp³-hybridized carbons (Fsp3) is 0.769. The molecule has 2 rings (SSSR count). The molecule has 0 saturated carbocycles. The molecule has 1 amide bonds. The number of amides is 1. The zero-order valence-electron chi connectivity index (χ0n) is 12.4. The van der Waals surface area contributed by atoms with Crippen LogP contribution in [-0.4, -0.2) is 44.4 Å². The minimum Gasteiger partial charge on any atom is -0.444 e. The smallest absolute Gasteiger partial charge is 0.410 e. The number of hydrogen-bond donors (Lipinski definition) is 0. The van der Waals surface area contributed by atoms with Crippen LogP contribution in [0.2, 0.25) is 0 Å². The van der Waals surface area contributed by atoms with E-state index >= 15 is 0 Å². The van der Waals surface area contributed by atoms with Crippen LogP contribution in [0.25, 0.3) is 0 Å². The van der Waals surface area contributed by atoms with E-state index in [0.717, 1.165) is 25.2 Å². The summed E-state index contributed by atoms with van der Waals surface area (Å²) in [6, 6.07) is 0. The van der Waals surface area contributed by atoms with Crippen molar-refractivity contribution >= 4 is 22.0 Å². The van der Waals surface area contributed by atoms with Crippen molar-refractivity contribution in [1.82, 2.24) is 19.7 Å². The van der Waals surface area contributed by atoms with Crippen molar-refractivity contribution < 1.29 is 9.53 Å². The Morgan fingerprint density at radius 2 is 2.15 bits per heavy atom. The first-order valence-electron chi connectivity index (χ1n) is 6.80. The Hall–Kier alpha value is -1.11. The molecule has 0 radical (unpaired) electrons. The van der Waals surface area contributed by atoms with Crippen molar-refractivity contribution in [3.63, 3.8) is 0 Å². The molecule has 1 aliphatic heterocycles. The van der Waals surface area contributed by atoms with Crippen LogP contribution in [0.1, 0.15) is 45.4 Å². The zero-order chi connectivity index (χ0) is 14.9. The number of rotatable bonds is 1. The number of nitrogens with zero attached hydrogens (tertiary/aromatic N) is 4. The maximum atomic E-state index is 12.1. The lowest BCUT2D eigenvalue weighted by atomic mass is 9.98. The summed E-state index contributed by atoms with van der Waals surface area (Å²) in [6.45, 7) is 6.99. The van der Waals surface area contributed by atoms with Crippen molar-refractivity contribution in [1.29, 1.82) is 0 Å². The lowest BCUT2D eigenvalue weighted by molar-refractivity contribution is 0.0196. The van der Waals surface area contributed by atoms with E-state index in [0.29, 0.717) is 11.3 Å². The SMILES string of the molecule is Cn1nc(C2CCCN(C(=O)OC(C)(C)C)C2)nc1Br. The third kappa shape index (κ3) is 3.71. The average molecular weight is 345 g/mol. The van der Waals surface area contributed by atoms with Crippen molar-refractivity contribution in [3.8, 4) is 0 Å². The van der Waals surface area contributed by atoms with Crippen LogP contribution in [0.5, 0.6) is 0 Å². The first-order valence-corrected chi connectivity index (χ1v) is 7.60. The predicted molar refractivity (Wildman–Crippen MR) is 78.5 cm³/mol. The summed E-state index contributed by atoms with van der Waals surface area (Å²) in [5, 5.41) is 4.38. The van der Waals surface area contributed by atoms with Gasteiger partial charge >= 0.3 is 6.09 Å². The van der Waals surface area contributed by atoms with Crippen LogP contribution in [0.15, 0.2) is 4.73 Å². The molecule has 1 aliphatic rings. The van der Waals surface area contributed by atoms with Crippen molar-refractivity contribution in [2.24, 2.45) is 7.05 Å². The average Bonchev–Trinajstić information content (AvgIpc) is 2.68. The molecule has 0 aromatic carbocycles. The highest BCUT2D eigenvalue weighted by molar-refractivity contribution is 9.10. The van der Waals surface area contributed by atoms with Gasteiger partial charge in [0.05, 0.1) is 0 Å². The van der Waals surface area contributed by atoms with Crippen LogP contribution < -0.4 is 0 Å². The first-order chi connectivity index (χ1) is 9.26. The maximum Gasteiger partial charge on any atom is 0.410 e. The summed E-state index contributed by atoms with van der Waals surface area (Å²) < 4.78 is 7.83. The highest BCUT2D eigenvalue weighted by Gasteiger charge is 2.30. The predicted octanol–water partition coefficient (Wildman–Crippen LogP) is 2.69. The van der Waals surface area contributed by atoms with Gasteiger partial charge < -0.3 is 9.64 Å². The summed E-state index contributed by atoms with van der Waals surface area (Å²) in [5.41, 5.74) is -0.462. The van der Waals surface area contributed by atoms with Gasteiger partial charge in [-0.1, -0.05) is 0 Å². The lowest BCUT2D eigenvalue weighted by Gasteiger charge is -2.33. The number of ether oxygens (including phenoxy) is 1. The molecule has 1 aromatic heterocycles. The van der Waals surface area contributed by atoms with Crippen molar-refractivity contribution in [3.05, 3.63) is 10.6 Å². The van der Waals surface area contributed by atoms with E-state index in [1.54, 1.807) is 9.58 Å². The molecule has 7 heteroatoms. The molecule has 0 aliphatic carbocycles. The molecular formula is C13H21BrN4O2. The monoisotopic (exact) mass is 344 g/mol. The molecule has 20 heavy (non-hydrogen) atoms. The van der Waals surface area contributed by atoms with Gasteiger partial charge in [-0.05, 0) is 49.5 Å². The summed E-state index contributed by atoms with van der Waals surface area (Å²) in [7, 11) is 1.84. The third-order valence-electron chi connectivity index (χ3n) is 3.16. The molecule has 6 nitrogen and oxygen atoms in total. The highest BCUT2D eigenvalue weighted by Crippen LogP contribution is 2.26. The molecule has 0 spiro atoms. The number of piperidine rings is 1. The Labute approximate surface area is 127 Å². The van der Waals surface area contributed by atoms with Gasteiger partial charge in [-0.15, -0.1) is 0 Å². The Bertz CT molecular complexity index is 476. The van der Waals surface area contributed by atoms with Gasteiger partial charge in [0.2, 0.25) is 0 Å². The van der Waals surface area contributed by atoms with Crippen molar-refractivity contribution in [2.45, 2.75) is 45.1 Å². The fourth-order valence-electron chi connectivity index (χ4n) is 2.24. The minimum atomic E-state index is -0.462. The number of carbonyl (C=O) groups is 1. The number of likely N-dealkylation sites (tertiary alicyclic amines) is 1. The van der Waals surface area contributed by atoms with Gasteiger partial charge in [-0.25, -0.2) is 14.5 Å². The second-order valence-electron chi connectivity index (χ2n) is 6.13. The van der Waals surface area contributed by atoms with Crippen LogP contribution in [0.3, 0.4) is 0 Å². The van der Waals surface area contributed by atoms with Gasteiger partial charge in [0.25, 0.3) is 0 Å². The summed E-state index contributed by atoms with van der Waals surface area (Å²) in [4.78, 5) is 18.3. The summed E-state index contributed by atoms with van der Waals surface area (Å²) in [5.74, 6) is 0.960. The number of halogens is 1. The van der Waals surface area contributed by atoms with E-state index < -0.39 is 5.60 Å². The summed E-state index contributed by atoms with van der Waals surface area (Å²) in [6.07, 6.45) is 1.69. The van der Waals surface area contributed by atoms with Crippen LogP contribution in [-0.2, 0) is 11.8 Å². The second kappa shape index (κ2) is 5.71. The van der Waals surface area contributed by atoms with Crippen LogP contribution in [0.4, 0.5) is 4.79 Å².